The van der Waals surface area contributed by atoms with Gasteiger partial charge in [-0.2, -0.15) is 0 Å². The van der Waals surface area contributed by atoms with Gasteiger partial charge in [0, 0.05) is 16.9 Å². The highest BCUT2D eigenvalue weighted by atomic mass is 16.3. The number of phenolic OH excluding ortho intramolecular Hbond substituents is 1. The molecule has 6 atom stereocenters. The quantitative estimate of drug-likeness (QED) is 0.483. The second-order valence-corrected chi connectivity index (χ2v) is 14.1. The fourth-order valence-corrected chi connectivity index (χ4v) is 8.70. The van der Waals surface area contributed by atoms with Crippen molar-refractivity contribution in [3.05, 3.63) is 52.6 Å². The molecule has 3 aliphatic carbocycles. The number of benzene rings is 2. The van der Waals surface area contributed by atoms with Gasteiger partial charge in [-0.25, -0.2) is 0 Å². The average molecular weight is 573 g/mol. The first-order chi connectivity index (χ1) is 19.4. The normalized spacial score (nSPS) is 32.6. The molecule has 2 fully saturated rings. The van der Waals surface area contributed by atoms with E-state index in [-0.39, 0.29) is 36.0 Å². The minimum Gasteiger partial charge on any atom is -0.507 e. The maximum atomic E-state index is 14.5. The fraction of sp³-hybridized carbons (Fsp3) is 0.514. The lowest BCUT2D eigenvalue weighted by atomic mass is 9.39. The van der Waals surface area contributed by atoms with Crippen LogP contribution in [0.4, 0.5) is 0 Å². The molecule has 0 radical (unpaired) electrons. The number of rotatable bonds is 4. The van der Waals surface area contributed by atoms with Crippen molar-refractivity contribution in [2.24, 2.45) is 34.5 Å². The molecule has 2 aromatic rings. The highest BCUT2D eigenvalue weighted by Crippen LogP contribution is 2.64. The third-order valence-electron chi connectivity index (χ3n) is 10.4. The maximum Gasteiger partial charge on any atom is 0.190 e. The number of carbonyl (C=O) groups is 5. The van der Waals surface area contributed by atoms with Crippen molar-refractivity contribution in [1.29, 1.82) is 0 Å². The number of hydrogen-bond donors (Lipinski definition) is 2. The van der Waals surface area contributed by atoms with Crippen LogP contribution in [0.1, 0.15) is 87.9 Å². The number of carbonyl (C=O) groups excluding carboxylic acids is 5. The van der Waals surface area contributed by atoms with E-state index >= 15 is 0 Å². The van der Waals surface area contributed by atoms with Crippen molar-refractivity contribution < 1.29 is 34.2 Å². The SMILES string of the molecule is CC(=O)C1C(=O)C(C(C)C)[C@@]2(C)C[C@@]3(C)Cc4c(C(C)C)cc(-c5ccc(C)cc5)c(O)c4C(=O)C3C(=O)[C@@]2(O)C1=O. The molecule has 42 heavy (non-hydrogen) atoms. The Morgan fingerprint density at radius 3 is 2.10 bits per heavy atom. The number of aliphatic hydroxyl groups is 1. The van der Waals surface area contributed by atoms with Crippen LogP contribution in [0.25, 0.3) is 11.1 Å². The Labute approximate surface area is 246 Å². The summed E-state index contributed by atoms with van der Waals surface area (Å²) >= 11 is 0. The van der Waals surface area contributed by atoms with Crippen LogP contribution in [0.3, 0.4) is 0 Å². The van der Waals surface area contributed by atoms with Crippen LogP contribution in [0.5, 0.6) is 5.75 Å². The van der Waals surface area contributed by atoms with Crippen molar-refractivity contribution in [3.63, 3.8) is 0 Å². The Balaban J connectivity index is 1.76. The summed E-state index contributed by atoms with van der Waals surface area (Å²) in [5.41, 5.74) is -1.47. The Kier molecular flexibility index (Phi) is 6.81. The Morgan fingerprint density at radius 2 is 1.57 bits per heavy atom. The molecule has 2 N–H and O–H groups in total. The van der Waals surface area contributed by atoms with Gasteiger partial charge in [-0.1, -0.05) is 71.4 Å². The zero-order valence-electron chi connectivity index (χ0n) is 25.6. The minimum absolute atomic E-state index is 0.0131. The molecular weight excluding hydrogens is 532 g/mol. The number of aromatic hydroxyl groups is 1. The van der Waals surface area contributed by atoms with Crippen LogP contribution in [0.15, 0.2) is 30.3 Å². The van der Waals surface area contributed by atoms with E-state index in [9.17, 15) is 34.2 Å². The van der Waals surface area contributed by atoms with Crippen LogP contribution >= 0.6 is 0 Å². The predicted octanol–water partition coefficient (Wildman–Crippen LogP) is 5.19. The lowest BCUT2D eigenvalue weighted by Gasteiger charge is -2.62. The molecule has 7 nitrogen and oxygen atoms in total. The molecule has 0 bridgehead atoms. The zero-order chi connectivity index (χ0) is 31.3. The summed E-state index contributed by atoms with van der Waals surface area (Å²) in [7, 11) is 0. The summed E-state index contributed by atoms with van der Waals surface area (Å²) in [5.74, 6) is -8.82. The molecule has 0 saturated heterocycles. The summed E-state index contributed by atoms with van der Waals surface area (Å²) in [6, 6.07) is 9.46. The fourth-order valence-electron chi connectivity index (χ4n) is 8.70. The van der Waals surface area contributed by atoms with E-state index in [2.05, 4.69) is 0 Å². The molecule has 2 aromatic carbocycles. The van der Waals surface area contributed by atoms with Gasteiger partial charge in [0.1, 0.15) is 17.5 Å². The zero-order valence-corrected chi connectivity index (χ0v) is 25.6. The van der Waals surface area contributed by atoms with Crippen LogP contribution in [-0.4, -0.2) is 44.7 Å². The molecule has 0 amide bonds. The Hall–Kier alpha value is -3.45. The van der Waals surface area contributed by atoms with Crippen LogP contribution in [0, 0.1) is 41.4 Å². The Bertz CT molecular complexity index is 1560. The third kappa shape index (κ3) is 3.78. The highest BCUT2D eigenvalue weighted by molar-refractivity contribution is 6.32. The lowest BCUT2D eigenvalue weighted by molar-refractivity contribution is -0.205. The Morgan fingerprint density at radius 1 is 0.976 bits per heavy atom. The first kappa shape index (κ1) is 30.0. The number of Topliss-reactive ketones (excluding diaryl/α,β-unsaturated/α-hetero) is 5. The van der Waals surface area contributed by atoms with E-state index < -0.39 is 63.1 Å². The van der Waals surface area contributed by atoms with Gasteiger partial charge in [0.05, 0.1) is 11.5 Å². The summed E-state index contributed by atoms with van der Waals surface area (Å²) < 4.78 is 0. The van der Waals surface area contributed by atoms with Crippen LogP contribution in [-0.2, 0) is 25.6 Å². The molecule has 3 aliphatic rings. The number of fused-ring (bicyclic) bond motifs is 3. The van der Waals surface area contributed by atoms with Gasteiger partial charge < -0.3 is 10.2 Å². The van der Waals surface area contributed by atoms with Gasteiger partial charge in [0.25, 0.3) is 0 Å². The van der Waals surface area contributed by atoms with Crippen molar-refractivity contribution in [2.75, 3.05) is 0 Å². The van der Waals surface area contributed by atoms with Crippen LogP contribution in [0.2, 0.25) is 0 Å². The van der Waals surface area contributed by atoms with Gasteiger partial charge in [-0.3, -0.25) is 24.0 Å². The van der Waals surface area contributed by atoms with Gasteiger partial charge in [0.2, 0.25) is 0 Å². The van der Waals surface area contributed by atoms with E-state index in [4.69, 9.17) is 0 Å². The van der Waals surface area contributed by atoms with Gasteiger partial charge in [0.15, 0.2) is 28.7 Å². The molecular formula is C35H40O7. The monoisotopic (exact) mass is 572 g/mol. The number of ketones is 5. The second kappa shape index (κ2) is 9.53. The van der Waals surface area contributed by atoms with E-state index in [0.29, 0.717) is 11.1 Å². The smallest absolute Gasteiger partial charge is 0.190 e. The molecule has 0 heterocycles. The average Bonchev–Trinajstić information content (AvgIpc) is 2.86. The first-order valence-electron chi connectivity index (χ1n) is 14.8. The summed E-state index contributed by atoms with van der Waals surface area (Å²) in [6.07, 6.45) is 0.287. The third-order valence-corrected chi connectivity index (χ3v) is 10.4. The van der Waals surface area contributed by atoms with E-state index in [1.165, 1.54) is 0 Å². The van der Waals surface area contributed by atoms with E-state index in [0.717, 1.165) is 23.6 Å². The van der Waals surface area contributed by atoms with Crippen molar-refractivity contribution in [3.8, 4) is 16.9 Å². The largest absolute Gasteiger partial charge is 0.507 e. The van der Waals surface area contributed by atoms with Crippen molar-refractivity contribution in [1.82, 2.24) is 0 Å². The molecule has 222 valence electrons. The molecule has 0 aromatic heterocycles. The van der Waals surface area contributed by atoms with Gasteiger partial charge in [-0.15, -0.1) is 0 Å². The number of aryl methyl sites for hydroxylation is 1. The summed E-state index contributed by atoms with van der Waals surface area (Å²) in [4.78, 5) is 69.1. The minimum atomic E-state index is -2.70. The van der Waals surface area contributed by atoms with Crippen molar-refractivity contribution >= 4 is 28.9 Å². The maximum absolute atomic E-state index is 14.5. The number of hydrogen-bond acceptors (Lipinski definition) is 7. The predicted molar refractivity (Wildman–Crippen MR) is 157 cm³/mol. The van der Waals surface area contributed by atoms with Crippen molar-refractivity contribution in [2.45, 2.75) is 79.8 Å². The molecule has 0 aliphatic heterocycles. The molecule has 7 heteroatoms. The summed E-state index contributed by atoms with van der Waals surface area (Å²) in [5, 5.41) is 23.8. The lowest BCUT2D eigenvalue weighted by Crippen LogP contribution is -2.76. The summed E-state index contributed by atoms with van der Waals surface area (Å²) in [6.45, 7) is 14.0. The first-order valence-corrected chi connectivity index (χ1v) is 14.8. The van der Waals surface area contributed by atoms with E-state index in [1.807, 2.05) is 51.1 Å². The van der Waals surface area contributed by atoms with E-state index in [1.54, 1.807) is 27.7 Å². The second-order valence-electron chi connectivity index (χ2n) is 14.1. The van der Waals surface area contributed by atoms with Crippen LogP contribution < -0.4 is 0 Å². The molecule has 5 rings (SSSR count). The molecule has 0 spiro atoms. The standard InChI is InChI=1S/C35H40O7/c1-16(2)21-13-22(20-11-9-18(5)10-12-20)28(37)25-23(21)14-33(7)15-34(8)26(17(3)4)29(38)24(19(6)36)31(40)35(34,42)32(41)27(33)30(25)39/h9-13,16-17,24,26-27,37,42H,14-15H2,1-8H3/t24?,26?,27?,33-,34-,35+/m1/s1. The topological polar surface area (TPSA) is 126 Å². The van der Waals surface area contributed by atoms with Gasteiger partial charge >= 0.3 is 0 Å². The number of phenols is 1. The molecule has 2 saturated carbocycles. The molecule has 3 unspecified atom stereocenters. The highest BCUT2D eigenvalue weighted by Gasteiger charge is 2.76. The van der Waals surface area contributed by atoms with Gasteiger partial charge in [-0.05, 0) is 66.7 Å².